The molecule has 3 aromatic rings. The fourth-order valence-corrected chi connectivity index (χ4v) is 3.81. The molecule has 0 N–H and O–H groups in total. The first-order valence-electron chi connectivity index (χ1n) is 8.97. The molecule has 0 bridgehead atoms. The molecule has 0 radical (unpaired) electrons. The van der Waals surface area contributed by atoms with Gasteiger partial charge in [-0.15, -0.1) is 0 Å². The quantitative estimate of drug-likeness (QED) is 0.598. The number of amides is 1. The molecule has 3 heterocycles. The number of rotatable bonds is 3. The lowest BCUT2D eigenvalue weighted by molar-refractivity contribution is 0.0733. The average Bonchev–Trinajstić information content (AvgIpc) is 3.32. The maximum atomic E-state index is 13.2. The molecule has 28 heavy (non-hydrogen) atoms. The third-order valence-corrected chi connectivity index (χ3v) is 5.57. The molecule has 144 valence electrons. The maximum absolute atomic E-state index is 13.2. The van der Waals surface area contributed by atoms with E-state index in [0.717, 1.165) is 29.8 Å². The van der Waals surface area contributed by atoms with Crippen molar-refractivity contribution in [2.24, 2.45) is 0 Å². The van der Waals surface area contributed by atoms with E-state index in [9.17, 15) is 4.79 Å². The van der Waals surface area contributed by atoms with Crippen LogP contribution in [-0.2, 0) is 0 Å². The van der Waals surface area contributed by atoms with E-state index in [4.69, 9.17) is 27.7 Å². The first kappa shape index (κ1) is 18.9. The Labute approximate surface area is 172 Å². The molecular weight excluding hydrogens is 399 g/mol. The van der Waals surface area contributed by atoms with Crippen LogP contribution in [0.25, 0.3) is 11.3 Å². The van der Waals surface area contributed by atoms with Gasteiger partial charge in [0.2, 0.25) is 0 Å². The molecule has 1 saturated heterocycles. The standard InChI is InChI=1S/C20H18Cl2N4O2/c1-11-8-18(28-25-11)14-10-23-12(2)24-19(14)17-4-3-7-26(17)20(27)13-5-6-15(21)16(22)9-13/h5-6,8-10,17H,3-4,7H2,1-2H3. The van der Waals surface area contributed by atoms with Crippen LogP contribution in [0, 0.1) is 13.8 Å². The van der Waals surface area contributed by atoms with Crippen LogP contribution in [0.2, 0.25) is 10.0 Å². The van der Waals surface area contributed by atoms with Crippen molar-refractivity contribution in [3.05, 3.63) is 63.3 Å². The molecule has 2 aromatic heterocycles. The second-order valence-corrected chi connectivity index (χ2v) is 7.65. The predicted molar refractivity (Wildman–Crippen MR) is 106 cm³/mol. The highest BCUT2D eigenvalue weighted by molar-refractivity contribution is 6.42. The Morgan fingerprint density at radius 2 is 2.04 bits per heavy atom. The van der Waals surface area contributed by atoms with Gasteiger partial charge in [-0.2, -0.15) is 0 Å². The van der Waals surface area contributed by atoms with E-state index in [0.29, 0.717) is 33.7 Å². The second kappa shape index (κ2) is 7.53. The molecule has 1 aliphatic rings. The summed E-state index contributed by atoms with van der Waals surface area (Å²) in [4.78, 5) is 24.0. The molecule has 1 atom stereocenters. The number of carbonyl (C=O) groups is 1. The van der Waals surface area contributed by atoms with E-state index in [1.165, 1.54) is 0 Å². The Balaban J connectivity index is 1.73. The molecule has 1 aliphatic heterocycles. The Kier molecular flexibility index (Phi) is 5.08. The number of hydrogen-bond acceptors (Lipinski definition) is 5. The van der Waals surface area contributed by atoms with E-state index < -0.39 is 0 Å². The summed E-state index contributed by atoms with van der Waals surface area (Å²) in [5, 5.41) is 4.75. The molecule has 6 nitrogen and oxygen atoms in total. The summed E-state index contributed by atoms with van der Waals surface area (Å²) in [6, 6.07) is 6.60. The van der Waals surface area contributed by atoms with E-state index in [1.807, 2.05) is 24.8 Å². The Bertz CT molecular complexity index is 1050. The summed E-state index contributed by atoms with van der Waals surface area (Å²) in [6.45, 7) is 4.33. The molecular formula is C20H18Cl2N4O2. The average molecular weight is 417 g/mol. The summed E-state index contributed by atoms with van der Waals surface area (Å²) < 4.78 is 5.43. The topological polar surface area (TPSA) is 72.1 Å². The number of aryl methyl sites for hydroxylation is 2. The zero-order valence-electron chi connectivity index (χ0n) is 15.4. The highest BCUT2D eigenvalue weighted by atomic mass is 35.5. The lowest BCUT2D eigenvalue weighted by atomic mass is 10.0. The number of carbonyl (C=O) groups excluding carboxylic acids is 1. The number of aromatic nitrogens is 3. The molecule has 4 rings (SSSR count). The van der Waals surface area contributed by atoms with Crippen molar-refractivity contribution in [2.75, 3.05) is 6.54 Å². The van der Waals surface area contributed by atoms with Gasteiger partial charge >= 0.3 is 0 Å². The Morgan fingerprint density at radius 3 is 2.75 bits per heavy atom. The SMILES string of the molecule is Cc1cc(-c2cnc(C)nc2C2CCCN2C(=O)c2ccc(Cl)c(Cl)c2)on1. The highest BCUT2D eigenvalue weighted by Crippen LogP contribution is 2.37. The van der Waals surface area contributed by atoms with Gasteiger partial charge in [0.15, 0.2) is 5.76 Å². The fraction of sp³-hybridized carbons (Fsp3) is 0.300. The Hall–Kier alpha value is -2.44. The van der Waals surface area contributed by atoms with Gasteiger partial charge in [0.25, 0.3) is 5.91 Å². The third-order valence-electron chi connectivity index (χ3n) is 4.83. The van der Waals surface area contributed by atoms with Crippen LogP contribution in [0.3, 0.4) is 0 Å². The summed E-state index contributed by atoms with van der Waals surface area (Å²) in [6.07, 6.45) is 3.43. The van der Waals surface area contributed by atoms with Crippen LogP contribution in [0.4, 0.5) is 0 Å². The molecule has 1 amide bonds. The first-order chi connectivity index (χ1) is 13.4. The number of hydrogen-bond donors (Lipinski definition) is 0. The van der Waals surface area contributed by atoms with Crippen molar-refractivity contribution in [1.82, 2.24) is 20.0 Å². The zero-order chi connectivity index (χ0) is 19.8. The molecule has 1 unspecified atom stereocenters. The lowest BCUT2D eigenvalue weighted by Gasteiger charge is -2.26. The highest BCUT2D eigenvalue weighted by Gasteiger charge is 2.34. The number of likely N-dealkylation sites (tertiary alicyclic amines) is 1. The second-order valence-electron chi connectivity index (χ2n) is 6.83. The van der Waals surface area contributed by atoms with E-state index in [2.05, 4.69) is 15.1 Å². The smallest absolute Gasteiger partial charge is 0.254 e. The van der Waals surface area contributed by atoms with Gasteiger partial charge in [-0.25, -0.2) is 9.97 Å². The van der Waals surface area contributed by atoms with Crippen molar-refractivity contribution in [2.45, 2.75) is 32.7 Å². The maximum Gasteiger partial charge on any atom is 0.254 e. The van der Waals surface area contributed by atoms with Crippen molar-refractivity contribution in [3.63, 3.8) is 0 Å². The van der Waals surface area contributed by atoms with Gasteiger partial charge in [0.05, 0.1) is 33.0 Å². The molecule has 0 spiro atoms. The summed E-state index contributed by atoms with van der Waals surface area (Å²) in [5.41, 5.74) is 2.81. The van der Waals surface area contributed by atoms with Crippen LogP contribution in [0.15, 0.2) is 35.0 Å². The lowest BCUT2D eigenvalue weighted by Crippen LogP contribution is -2.31. The van der Waals surface area contributed by atoms with Gasteiger partial charge < -0.3 is 9.42 Å². The molecule has 0 aliphatic carbocycles. The molecule has 1 fully saturated rings. The molecule has 1 aromatic carbocycles. The van der Waals surface area contributed by atoms with E-state index >= 15 is 0 Å². The van der Waals surface area contributed by atoms with Crippen molar-refractivity contribution >= 4 is 29.1 Å². The number of halogens is 2. The Morgan fingerprint density at radius 1 is 1.21 bits per heavy atom. The minimum absolute atomic E-state index is 0.1000. The van der Waals surface area contributed by atoms with Gasteiger partial charge in [-0.3, -0.25) is 4.79 Å². The predicted octanol–water partition coefficient (Wildman–Crippen LogP) is 5.03. The fourth-order valence-electron chi connectivity index (χ4n) is 3.51. The van der Waals surface area contributed by atoms with Crippen molar-refractivity contribution in [1.29, 1.82) is 0 Å². The normalized spacial score (nSPS) is 16.6. The summed E-state index contributed by atoms with van der Waals surface area (Å²) in [5.74, 6) is 1.14. The third kappa shape index (κ3) is 3.50. The number of benzene rings is 1. The van der Waals surface area contributed by atoms with E-state index in [-0.39, 0.29) is 11.9 Å². The van der Waals surface area contributed by atoms with Gasteiger partial charge in [-0.05, 0) is 44.9 Å². The minimum Gasteiger partial charge on any atom is -0.356 e. The largest absolute Gasteiger partial charge is 0.356 e. The van der Waals surface area contributed by atoms with Crippen LogP contribution >= 0.6 is 23.2 Å². The van der Waals surface area contributed by atoms with E-state index in [1.54, 1.807) is 24.4 Å². The van der Waals surface area contributed by atoms with Crippen LogP contribution in [0.1, 0.15) is 46.5 Å². The van der Waals surface area contributed by atoms with Gasteiger partial charge in [0, 0.05) is 24.4 Å². The number of nitrogens with zero attached hydrogens (tertiary/aromatic N) is 4. The van der Waals surface area contributed by atoms with Crippen LogP contribution in [0.5, 0.6) is 0 Å². The summed E-state index contributed by atoms with van der Waals surface area (Å²) >= 11 is 12.1. The minimum atomic E-state index is -0.177. The first-order valence-corrected chi connectivity index (χ1v) is 9.73. The molecule has 0 saturated carbocycles. The zero-order valence-corrected chi connectivity index (χ0v) is 17.0. The monoisotopic (exact) mass is 416 g/mol. The van der Waals surface area contributed by atoms with Gasteiger partial charge in [0.1, 0.15) is 5.82 Å². The van der Waals surface area contributed by atoms with Crippen LogP contribution < -0.4 is 0 Å². The summed E-state index contributed by atoms with van der Waals surface area (Å²) in [7, 11) is 0. The van der Waals surface area contributed by atoms with Gasteiger partial charge in [-0.1, -0.05) is 28.4 Å². The molecule has 8 heteroatoms. The van der Waals surface area contributed by atoms with Crippen LogP contribution in [-0.4, -0.2) is 32.5 Å². The van der Waals surface area contributed by atoms with Crippen molar-refractivity contribution < 1.29 is 9.32 Å². The van der Waals surface area contributed by atoms with Crippen molar-refractivity contribution in [3.8, 4) is 11.3 Å².